The highest BCUT2D eigenvalue weighted by atomic mass is 16.3. The molecule has 0 bridgehead atoms. The lowest BCUT2D eigenvalue weighted by Crippen LogP contribution is -2.41. The molecule has 2 aromatic carbocycles. The van der Waals surface area contributed by atoms with Crippen LogP contribution in [0, 0.1) is 17.8 Å². The molecule has 0 heterocycles. The van der Waals surface area contributed by atoms with Gasteiger partial charge in [0.1, 0.15) is 22.7 Å². The predicted molar refractivity (Wildman–Crippen MR) is 258 cm³/mol. The van der Waals surface area contributed by atoms with Gasteiger partial charge in [-0.25, -0.2) is 0 Å². The van der Waals surface area contributed by atoms with Crippen LogP contribution in [0.15, 0.2) is 19.2 Å². The first-order valence-electron chi connectivity index (χ1n) is 25.3. The van der Waals surface area contributed by atoms with E-state index in [2.05, 4.69) is 40.0 Å². The minimum absolute atomic E-state index is 0.188. The lowest BCUT2D eigenvalue weighted by atomic mass is 10.0. The summed E-state index contributed by atoms with van der Waals surface area (Å²) in [6, 6.07) is 0. The third kappa shape index (κ3) is 18.9. The molecule has 1 fully saturated rings. The molecule has 61 heavy (non-hydrogen) atoms. The lowest BCUT2D eigenvalue weighted by Gasteiger charge is -2.26. The van der Waals surface area contributed by atoms with E-state index in [-0.39, 0.29) is 30.4 Å². The fraction of sp³-hybridized carbons (Fsp3) is 0.840. The topological polar surface area (TPSA) is 160 Å². The van der Waals surface area contributed by atoms with E-state index < -0.39 is 33.9 Å². The number of aliphatic hydroxyl groups is 2. The Morgan fingerprint density at radius 2 is 0.787 bits per heavy atom. The monoisotopic (exact) mass is 856 g/mol. The number of anilines is 4. The Morgan fingerprint density at radius 1 is 0.459 bits per heavy atom. The molecule has 0 radical (unpaired) electrons. The van der Waals surface area contributed by atoms with Crippen molar-refractivity contribution in [3.63, 3.8) is 0 Å². The van der Waals surface area contributed by atoms with Crippen LogP contribution in [0.4, 0.5) is 22.7 Å². The number of hydrogen-bond donors (Lipinski definition) is 6. The summed E-state index contributed by atoms with van der Waals surface area (Å²) >= 11 is 0. The van der Waals surface area contributed by atoms with Crippen LogP contribution in [-0.4, -0.2) is 74.1 Å². The Bertz CT molecular complexity index is 1580. The second-order valence-electron chi connectivity index (χ2n) is 18.6. The van der Waals surface area contributed by atoms with Crippen LogP contribution in [0.25, 0.3) is 0 Å². The van der Waals surface area contributed by atoms with E-state index in [0.29, 0.717) is 29.8 Å². The highest BCUT2D eigenvalue weighted by Gasteiger charge is 2.52. The van der Waals surface area contributed by atoms with E-state index in [1.54, 1.807) is 14.1 Å². The zero-order valence-electron chi connectivity index (χ0n) is 39.2. The van der Waals surface area contributed by atoms with Crippen LogP contribution >= 0.6 is 0 Å². The minimum Gasteiger partial charge on any atom is -0.391 e. The van der Waals surface area contributed by atoms with Gasteiger partial charge in [0.05, 0.1) is 12.2 Å². The van der Waals surface area contributed by atoms with Crippen molar-refractivity contribution in [2.24, 2.45) is 17.8 Å². The zero-order valence-corrected chi connectivity index (χ0v) is 39.2. The molecule has 3 rings (SSSR count). The first-order chi connectivity index (χ1) is 29.7. The van der Waals surface area contributed by atoms with Crippen molar-refractivity contribution in [2.75, 3.05) is 68.1 Å². The number of nitrogens with zero attached hydrogens (tertiary/aromatic N) is 1. The Hall–Kier alpha value is -2.76. The van der Waals surface area contributed by atoms with Gasteiger partial charge in [-0.3, -0.25) is 19.2 Å². The zero-order chi connectivity index (χ0) is 44.2. The molecule has 1 aliphatic carbocycles. The summed E-state index contributed by atoms with van der Waals surface area (Å²) in [5, 5.41) is 34.1. The van der Waals surface area contributed by atoms with E-state index >= 15 is 0 Å². The molecule has 0 saturated heterocycles. The summed E-state index contributed by atoms with van der Waals surface area (Å²) in [6.07, 6.45) is 34.3. The van der Waals surface area contributed by atoms with Crippen LogP contribution in [0.5, 0.6) is 0 Å². The first-order valence-corrected chi connectivity index (χ1v) is 25.3. The highest BCUT2D eigenvalue weighted by molar-refractivity contribution is 5.74. The molecule has 1 saturated carbocycles. The molecule has 2 aromatic rings. The maximum absolute atomic E-state index is 12.2. The highest BCUT2D eigenvalue weighted by Crippen LogP contribution is 2.54. The van der Waals surface area contributed by atoms with Crippen LogP contribution < -0.4 is 43.0 Å². The van der Waals surface area contributed by atoms with Gasteiger partial charge in [0.2, 0.25) is 0 Å². The molecular weight excluding hydrogens is 767 g/mol. The van der Waals surface area contributed by atoms with Gasteiger partial charge in [-0.05, 0) is 56.5 Å². The Labute approximate surface area is 369 Å². The van der Waals surface area contributed by atoms with Crippen LogP contribution in [0.2, 0.25) is 0 Å². The molecule has 11 heteroatoms. The summed E-state index contributed by atoms with van der Waals surface area (Å²) in [5.74, 6) is 1.10. The average molecular weight is 856 g/mol. The van der Waals surface area contributed by atoms with Crippen molar-refractivity contribution in [3.05, 3.63) is 40.9 Å². The van der Waals surface area contributed by atoms with Gasteiger partial charge >= 0.3 is 0 Å². The van der Waals surface area contributed by atoms with Gasteiger partial charge in [0.25, 0.3) is 21.7 Å². The van der Waals surface area contributed by atoms with Crippen molar-refractivity contribution >= 4 is 22.7 Å². The van der Waals surface area contributed by atoms with Gasteiger partial charge < -0.3 is 36.4 Å². The van der Waals surface area contributed by atoms with E-state index in [1.165, 1.54) is 148 Å². The Balaban J connectivity index is 1.46. The van der Waals surface area contributed by atoms with Crippen molar-refractivity contribution in [1.82, 2.24) is 4.90 Å². The van der Waals surface area contributed by atoms with Gasteiger partial charge in [-0.1, -0.05) is 168 Å². The maximum Gasteiger partial charge on any atom is 0.253 e. The first kappa shape index (κ1) is 52.6. The molecule has 5 atom stereocenters. The smallest absolute Gasteiger partial charge is 0.253 e. The second kappa shape index (κ2) is 31.1. The lowest BCUT2D eigenvalue weighted by molar-refractivity contribution is 0.118. The van der Waals surface area contributed by atoms with Crippen LogP contribution in [0.1, 0.15) is 194 Å². The SMILES string of the molecule is CCCCCCCCCCCCCCC1C(CCCCN(CCCCCCCCCCCCCC)CC(O)CNc2c(NC)c(=O)c2=O)C1C(O)CNc1c(NC)c(=O)c1=O. The largest absolute Gasteiger partial charge is 0.391 e. The normalized spacial score (nSPS) is 17.3. The van der Waals surface area contributed by atoms with Gasteiger partial charge in [-0.15, -0.1) is 0 Å². The molecular formula is C50H89N5O6. The van der Waals surface area contributed by atoms with Gasteiger partial charge in [-0.2, -0.15) is 0 Å². The third-order valence-corrected chi connectivity index (χ3v) is 13.6. The quantitative estimate of drug-likeness (QED) is 0.0279. The number of aliphatic hydroxyl groups excluding tert-OH is 2. The Kier molecular flexibility index (Phi) is 26.9. The number of unbranched alkanes of at least 4 members (excludes halogenated alkanes) is 23. The molecule has 0 amide bonds. The molecule has 5 unspecified atom stereocenters. The summed E-state index contributed by atoms with van der Waals surface area (Å²) in [5.41, 5.74) is -0.928. The van der Waals surface area contributed by atoms with Crippen LogP contribution in [-0.2, 0) is 0 Å². The number of nitrogens with one attached hydrogen (secondary N) is 4. The molecule has 1 aliphatic rings. The summed E-state index contributed by atoms with van der Waals surface area (Å²) < 4.78 is 0. The molecule has 0 aliphatic heterocycles. The maximum atomic E-state index is 12.2. The fourth-order valence-corrected chi connectivity index (χ4v) is 9.79. The molecule has 350 valence electrons. The average Bonchev–Trinajstić information content (AvgIpc) is 3.96. The van der Waals surface area contributed by atoms with E-state index in [1.807, 2.05) is 0 Å². The summed E-state index contributed by atoms with van der Waals surface area (Å²) in [6.45, 7) is 7.29. The third-order valence-electron chi connectivity index (χ3n) is 13.6. The molecule has 6 N–H and O–H groups in total. The fourth-order valence-electron chi connectivity index (χ4n) is 9.79. The van der Waals surface area contributed by atoms with Crippen molar-refractivity contribution in [3.8, 4) is 0 Å². The number of rotatable bonds is 42. The van der Waals surface area contributed by atoms with E-state index in [9.17, 15) is 29.4 Å². The molecule has 0 aromatic heterocycles. The standard InChI is InChI=1S/C50H89N5O6/c1-5-7-9-11-13-15-17-19-21-23-25-27-31-39-40(42(39)41(57)36-54-46-44(52-4)48(59)50(46)61)32-28-30-34-55(33-29-26-24-22-20-18-16-14-12-10-8-6-2)37-38(56)35-53-45-43(51-3)47(58)49(45)60/h38-42,51-54,56-57H,5-37H2,1-4H3. The van der Waals surface area contributed by atoms with Crippen molar-refractivity contribution < 1.29 is 10.2 Å². The van der Waals surface area contributed by atoms with Gasteiger partial charge in [0, 0.05) is 33.7 Å². The van der Waals surface area contributed by atoms with Crippen molar-refractivity contribution in [2.45, 2.75) is 206 Å². The van der Waals surface area contributed by atoms with Gasteiger partial charge in [0.15, 0.2) is 0 Å². The van der Waals surface area contributed by atoms with Crippen molar-refractivity contribution in [1.29, 1.82) is 0 Å². The Morgan fingerprint density at radius 3 is 1.20 bits per heavy atom. The second-order valence-corrected chi connectivity index (χ2v) is 18.6. The predicted octanol–water partition coefficient (Wildman–Crippen LogP) is 9.33. The van der Waals surface area contributed by atoms with Crippen LogP contribution in [0.3, 0.4) is 0 Å². The molecule has 0 spiro atoms. The summed E-state index contributed by atoms with van der Waals surface area (Å²) in [7, 11) is 3.25. The van der Waals surface area contributed by atoms with E-state index in [0.717, 1.165) is 45.2 Å². The summed E-state index contributed by atoms with van der Waals surface area (Å²) in [4.78, 5) is 50.3. The number of hydrogen-bond acceptors (Lipinski definition) is 11. The minimum atomic E-state index is -0.682. The van der Waals surface area contributed by atoms with E-state index in [4.69, 9.17) is 0 Å². The molecule has 11 nitrogen and oxygen atoms in total.